The second-order valence-corrected chi connectivity index (χ2v) is 5.62. The Bertz CT molecular complexity index is 509. The minimum Gasteiger partial charge on any atom is -0.406 e. The molecule has 23 heavy (non-hydrogen) atoms. The highest BCUT2D eigenvalue weighted by Gasteiger charge is 2.31. The van der Waals surface area contributed by atoms with E-state index in [1.54, 1.807) is 4.90 Å². The first-order valence-corrected chi connectivity index (χ1v) is 7.75. The molecule has 1 aliphatic heterocycles. The molecule has 1 aliphatic rings. The number of benzene rings is 1. The number of alkyl halides is 3. The van der Waals surface area contributed by atoms with Gasteiger partial charge < -0.3 is 15.0 Å². The van der Waals surface area contributed by atoms with Crippen LogP contribution in [-0.2, 0) is 0 Å². The molecular weight excluding hydrogens is 309 g/mol. The molecule has 0 unspecified atom stereocenters. The van der Waals surface area contributed by atoms with Crippen LogP contribution in [0.4, 0.5) is 13.2 Å². The predicted octanol–water partition coefficient (Wildman–Crippen LogP) is 3.05. The van der Waals surface area contributed by atoms with E-state index < -0.39 is 6.36 Å². The number of amides is 1. The maximum Gasteiger partial charge on any atom is 0.573 e. The van der Waals surface area contributed by atoms with Crippen molar-refractivity contribution in [1.82, 2.24) is 10.2 Å². The first kappa shape index (κ1) is 17.6. The molecule has 1 N–H and O–H groups in total. The summed E-state index contributed by atoms with van der Waals surface area (Å²) in [4.78, 5) is 14.1. The fourth-order valence-electron chi connectivity index (χ4n) is 2.67. The third-order valence-corrected chi connectivity index (χ3v) is 3.92. The summed E-state index contributed by atoms with van der Waals surface area (Å²) in [6.07, 6.45) is -2.85. The van der Waals surface area contributed by atoms with Crippen LogP contribution in [0.2, 0.25) is 0 Å². The standard InChI is InChI=1S/C16H21F3N2O2/c1-2-20-11-12-7-9-21(10-8-12)15(22)13-3-5-14(6-4-13)23-16(17,18)19/h3-6,12,20H,2,7-11H2,1H3. The monoisotopic (exact) mass is 330 g/mol. The molecule has 1 amide bonds. The molecule has 4 nitrogen and oxygen atoms in total. The van der Waals surface area contributed by atoms with Crippen molar-refractivity contribution < 1.29 is 22.7 Å². The second kappa shape index (κ2) is 7.68. The molecule has 1 heterocycles. The molecule has 0 atom stereocenters. The van der Waals surface area contributed by atoms with E-state index in [2.05, 4.69) is 17.0 Å². The maximum atomic E-state index is 12.4. The van der Waals surface area contributed by atoms with Gasteiger partial charge in [-0.15, -0.1) is 13.2 Å². The largest absolute Gasteiger partial charge is 0.573 e. The summed E-state index contributed by atoms with van der Waals surface area (Å²) in [5.41, 5.74) is 0.379. The molecule has 2 rings (SSSR count). The number of likely N-dealkylation sites (tertiary alicyclic amines) is 1. The van der Waals surface area contributed by atoms with E-state index >= 15 is 0 Å². The van der Waals surface area contributed by atoms with Crippen molar-refractivity contribution in [2.24, 2.45) is 5.92 Å². The number of halogens is 3. The van der Waals surface area contributed by atoms with Gasteiger partial charge in [-0.1, -0.05) is 6.92 Å². The van der Waals surface area contributed by atoms with Crippen LogP contribution < -0.4 is 10.1 Å². The van der Waals surface area contributed by atoms with Crippen molar-refractivity contribution in [2.75, 3.05) is 26.2 Å². The lowest BCUT2D eigenvalue weighted by atomic mass is 9.96. The van der Waals surface area contributed by atoms with Gasteiger partial charge in [-0.3, -0.25) is 4.79 Å². The number of carbonyl (C=O) groups is 1. The minimum absolute atomic E-state index is 0.148. The molecule has 0 bridgehead atoms. The molecule has 1 fully saturated rings. The Labute approximate surface area is 133 Å². The Morgan fingerprint density at radius 3 is 2.39 bits per heavy atom. The van der Waals surface area contributed by atoms with Gasteiger partial charge in [0.25, 0.3) is 5.91 Å². The molecular formula is C16H21F3N2O2. The Hall–Kier alpha value is -1.76. The first-order chi connectivity index (χ1) is 10.9. The van der Waals surface area contributed by atoms with E-state index in [0.29, 0.717) is 24.6 Å². The SMILES string of the molecule is CCNCC1CCN(C(=O)c2ccc(OC(F)(F)F)cc2)CC1. The van der Waals surface area contributed by atoms with Gasteiger partial charge in [-0.2, -0.15) is 0 Å². The lowest BCUT2D eigenvalue weighted by Crippen LogP contribution is -2.40. The average molecular weight is 330 g/mol. The van der Waals surface area contributed by atoms with Crippen molar-refractivity contribution in [3.63, 3.8) is 0 Å². The van der Waals surface area contributed by atoms with Crippen LogP contribution in [0.5, 0.6) is 5.75 Å². The molecule has 128 valence electrons. The summed E-state index contributed by atoms with van der Waals surface area (Å²) < 4.78 is 40.1. The maximum absolute atomic E-state index is 12.4. The highest BCUT2D eigenvalue weighted by atomic mass is 19.4. The molecule has 0 aliphatic carbocycles. The van der Waals surface area contributed by atoms with Gasteiger partial charge >= 0.3 is 6.36 Å². The zero-order valence-electron chi connectivity index (χ0n) is 13.0. The number of piperidine rings is 1. The quantitative estimate of drug-likeness (QED) is 0.902. The normalized spacial score (nSPS) is 16.4. The predicted molar refractivity (Wildman–Crippen MR) is 80.3 cm³/mol. The van der Waals surface area contributed by atoms with Gasteiger partial charge in [0.2, 0.25) is 0 Å². The van der Waals surface area contributed by atoms with E-state index in [-0.39, 0.29) is 11.7 Å². The van der Waals surface area contributed by atoms with E-state index in [1.807, 2.05) is 0 Å². The summed E-state index contributed by atoms with van der Waals surface area (Å²) in [6.45, 7) is 5.31. The Kier molecular flexibility index (Phi) is 5.87. The fourth-order valence-corrected chi connectivity index (χ4v) is 2.67. The van der Waals surface area contributed by atoms with E-state index in [4.69, 9.17) is 0 Å². The van der Waals surface area contributed by atoms with Crippen LogP contribution >= 0.6 is 0 Å². The smallest absolute Gasteiger partial charge is 0.406 e. The number of ether oxygens (including phenoxy) is 1. The third kappa shape index (κ3) is 5.42. The summed E-state index contributed by atoms with van der Waals surface area (Å²) in [5.74, 6) is 0.102. The topological polar surface area (TPSA) is 41.6 Å². The van der Waals surface area contributed by atoms with E-state index in [1.165, 1.54) is 24.3 Å². The third-order valence-electron chi connectivity index (χ3n) is 3.92. The molecule has 7 heteroatoms. The number of hydrogen-bond donors (Lipinski definition) is 1. The lowest BCUT2D eigenvalue weighted by molar-refractivity contribution is -0.274. The second-order valence-electron chi connectivity index (χ2n) is 5.62. The van der Waals surface area contributed by atoms with Crippen molar-refractivity contribution in [1.29, 1.82) is 0 Å². The molecule has 0 saturated carbocycles. The summed E-state index contributed by atoms with van der Waals surface area (Å²) in [7, 11) is 0. The van der Waals surface area contributed by atoms with Gasteiger partial charge in [0.05, 0.1) is 0 Å². The van der Waals surface area contributed by atoms with Crippen molar-refractivity contribution >= 4 is 5.91 Å². The van der Waals surface area contributed by atoms with Crippen molar-refractivity contribution in [3.8, 4) is 5.75 Å². The molecule has 1 aromatic carbocycles. The van der Waals surface area contributed by atoms with Crippen LogP contribution in [0.1, 0.15) is 30.1 Å². The number of nitrogens with zero attached hydrogens (tertiary/aromatic N) is 1. The summed E-state index contributed by atoms with van der Waals surface area (Å²) >= 11 is 0. The molecule has 1 saturated heterocycles. The fraction of sp³-hybridized carbons (Fsp3) is 0.562. The van der Waals surface area contributed by atoms with Crippen LogP contribution in [-0.4, -0.2) is 43.3 Å². The van der Waals surface area contributed by atoms with Crippen molar-refractivity contribution in [2.45, 2.75) is 26.1 Å². The van der Waals surface area contributed by atoms with Crippen LogP contribution in [0.15, 0.2) is 24.3 Å². The Morgan fingerprint density at radius 1 is 1.26 bits per heavy atom. The number of rotatable bonds is 5. The van der Waals surface area contributed by atoms with Gasteiger partial charge in [-0.05, 0) is 56.1 Å². The number of nitrogens with one attached hydrogen (secondary N) is 1. The van der Waals surface area contributed by atoms with Gasteiger partial charge in [0.1, 0.15) is 5.75 Å². The van der Waals surface area contributed by atoms with Crippen LogP contribution in [0, 0.1) is 5.92 Å². The molecule has 0 radical (unpaired) electrons. The van der Waals surface area contributed by atoms with Gasteiger partial charge in [-0.25, -0.2) is 0 Å². The van der Waals surface area contributed by atoms with Crippen LogP contribution in [0.3, 0.4) is 0 Å². The van der Waals surface area contributed by atoms with E-state index in [0.717, 1.165) is 25.9 Å². The molecule has 0 spiro atoms. The highest BCUT2D eigenvalue weighted by molar-refractivity contribution is 5.94. The zero-order valence-corrected chi connectivity index (χ0v) is 13.0. The van der Waals surface area contributed by atoms with E-state index in [9.17, 15) is 18.0 Å². The average Bonchev–Trinajstić information content (AvgIpc) is 2.52. The first-order valence-electron chi connectivity index (χ1n) is 7.75. The summed E-state index contributed by atoms with van der Waals surface area (Å²) in [5, 5.41) is 3.31. The van der Waals surface area contributed by atoms with Crippen molar-refractivity contribution in [3.05, 3.63) is 29.8 Å². The van der Waals surface area contributed by atoms with Gasteiger partial charge in [0, 0.05) is 18.7 Å². The van der Waals surface area contributed by atoms with Gasteiger partial charge in [0.15, 0.2) is 0 Å². The Morgan fingerprint density at radius 2 is 1.87 bits per heavy atom. The number of carbonyl (C=O) groups excluding carboxylic acids is 1. The Balaban J connectivity index is 1.89. The lowest BCUT2D eigenvalue weighted by Gasteiger charge is -2.32. The zero-order chi connectivity index (χ0) is 16.9. The summed E-state index contributed by atoms with van der Waals surface area (Å²) in [6, 6.07) is 5.07. The molecule has 0 aromatic heterocycles. The minimum atomic E-state index is -4.72. The highest BCUT2D eigenvalue weighted by Crippen LogP contribution is 2.24. The molecule has 1 aromatic rings. The number of hydrogen-bond acceptors (Lipinski definition) is 3. The van der Waals surface area contributed by atoms with Crippen LogP contribution in [0.25, 0.3) is 0 Å².